The molecular weight excluding hydrogens is 242 g/mol. The third kappa shape index (κ3) is 19.9. The van der Waals surface area contributed by atoms with Crippen LogP contribution in [0.15, 0.2) is 18.2 Å². The molecule has 1 aliphatic rings. The zero-order valence-electron chi connectivity index (χ0n) is 8.55. The quantitative estimate of drug-likeness (QED) is 0.398. The lowest BCUT2D eigenvalue weighted by Crippen LogP contribution is -2.68. The van der Waals surface area contributed by atoms with E-state index in [1.807, 2.05) is 12.2 Å². The monoisotopic (exact) mass is 255 g/mol. The van der Waals surface area contributed by atoms with Gasteiger partial charge in [-0.3, -0.25) is 0 Å². The molecule has 0 unspecified atom stereocenters. The Morgan fingerprint density at radius 3 is 2.00 bits per heavy atom. The first kappa shape index (κ1) is 17.1. The van der Waals surface area contributed by atoms with Gasteiger partial charge in [0.15, 0.2) is 12.3 Å². The molecule has 1 heterocycles. The van der Waals surface area contributed by atoms with Gasteiger partial charge in [-0.1, -0.05) is 0 Å². The standard InChI is InChI=1S/C7H10N.CH4S.ClHO4/c1-2-8-6-4-3-5-7-8;1-2;2-1(3,4)5/h3-5H,2,6H2,1H3;2H,1H3;(H,2,3,4,5)/q+1;;/p-1. The maximum atomic E-state index is 8.49. The average Bonchev–Trinajstić information content (AvgIpc) is 2.20. The lowest BCUT2D eigenvalue weighted by Gasteiger charge is -2.17. The van der Waals surface area contributed by atoms with Gasteiger partial charge in [0.05, 0.1) is 12.6 Å². The van der Waals surface area contributed by atoms with Crippen LogP contribution in [0.3, 0.4) is 0 Å². The van der Waals surface area contributed by atoms with Gasteiger partial charge in [-0.05, 0) is 13.2 Å². The molecule has 0 atom stereocenters. The minimum absolute atomic E-state index is 1.02. The minimum atomic E-state index is -4.94. The third-order valence-corrected chi connectivity index (χ3v) is 1.20. The third-order valence-electron chi connectivity index (χ3n) is 1.20. The van der Waals surface area contributed by atoms with Crippen molar-refractivity contribution in [1.29, 1.82) is 0 Å². The van der Waals surface area contributed by atoms with E-state index in [1.165, 1.54) is 0 Å². The Balaban J connectivity index is 0. The molecule has 0 fully saturated rings. The lowest BCUT2D eigenvalue weighted by atomic mass is 10.3. The van der Waals surface area contributed by atoms with Gasteiger partial charge < -0.3 is 0 Å². The molecule has 0 bridgehead atoms. The van der Waals surface area contributed by atoms with Crippen molar-refractivity contribution in [1.82, 2.24) is 4.90 Å². The number of halogens is 1. The molecule has 0 radical (unpaired) electrons. The number of hydrogen-bond acceptors (Lipinski definition) is 6. The van der Waals surface area contributed by atoms with Gasteiger partial charge >= 0.3 is 0 Å². The van der Waals surface area contributed by atoms with Crippen molar-refractivity contribution < 1.29 is 28.9 Å². The van der Waals surface area contributed by atoms with Crippen LogP contribution in [0.2, 0.25) is 0 Å². The SMILES string of the molecule is CCN1[C+]=CC=CC1.CS.[O-][Cl+3]([O-])([O-])[O-]. The second-order valence-electron chi connectivity index (χ2n) is 2.14. The van der Waals surface area contributed by atoms with E-state index in [2.05, 4.69) is 36.7 Å². The van der Waals surface area contributed by atoms with Crippen LogP contribution in [0.4, 0.5) is 0 Å². The molecule has 0 spiro atoms. The first-order chi connectivity index (χ1) is 6.93. The molecule has 7 heteroatoms. The zero-order chi connectivity index (χ0) is 12.3. The molecule has 15 heavy (non-hydrogen) atoms. The highest BCUT2D eigenvalue weighted by Gasteiger charge is 2.02. The van der Waals surface area contributed by atoms with Crippen molar-refractivity contribution in [3.8, 4) is 0 Å². The van der Waals surface area contributed by atoms with Gasteiger partial charge in [-0.25, -0.2) is 23.5 Å². The molecule has 0 aliphatic carbocycles. The van der Waals surface area contributed by atoms with Gasteiger partial charge in [0.1, 0.15) is 0 Å². The zero-order valence-corrected chi connectivity index (χ0v) is 10.2. The molecule has 0 aromatic carbocycles. The van der Waals surface area contributed by atoms with Gasteiger partial charge in [0.2, 0.25) is 0 Å². The Labute approximate surface area is 97.5 Å². The predicted molar refractivity (Wildman–Crippen MR) is 49.1 cm³/mol. The number of hydrogen-bond donors (Lipinski definition) is 1. The summed E-state index contributed by atoms with van der Waals surface area (Å²) in [6.07, 6.45) is 10.9. The van der Waals surface area contributed by atoms with E-state index in [0.29, 0.717) is 0 Å². The highest BCUT2D eigenvalue weighted by Crippen LogP contribution is 1.94. The van der Waals surface area contributed by atoms with Gasteiger partial charge in [-0.15, -0.1) is 10.2 Å². The van der Waals surface area contributed by atoms with Crippen molar-refractivity contribution in [2.45, 2.75) is 6.92 Å². The van der Waals surface area contributed by atoms with Crippen LogP contribution in [0.25, 0.3) is 0 Å². The van der Waals surface area contributed by atoms with Crippen LogP contribution in [0.1, 0.15) is 6.92 Å². The number of allylic oxidation sites excluding steroid dienone is 2. The van der Waals surface area contributed by atoms with Crippen LogP contribution in [-0.4, -0.2) is 24.2 Å². The first-order valence-electron chi connectivity index (χ1n) is 3.99. The summed E-state index contributed by atoms with van der Waals surface area (Å²) in [5, 5.41) is 0. The summed E-state index contributed by atoms with van der Waals surface area (Å²) in [5.74, 6) is 0. The Morgan fingerprint density at radius 2 is 1.80 bits per heavy atom. The molecule has 0 saturated heterocycles. The molecule has 0 aromatic heterocycles. The summed E-state index contributed by atoms with van der Waals surface area (Å²) in [6.45, 7) is 4.20. The molecule has 5 nitrogen and oxygen atoms in total. The number of nitrogens with zero attached hydrogens (tertiary/aromatic N) is 1. The molecule has 88 valence electrons. The van der Waals surface area contributed by atoms with Crippen LogP contribution in [-0.2, 0) is 0 Å². The summed E-state index contributed by atoms with van der Waals surface area (Å²) in [5.41, 5.74) is 0. The van der Waals surface area contributed by atoms with Crippen LogP contribution >= 0.6 is 12.6 Å². The Kier molecular flexibility index (Phi) is 11.6. The Bertz CT molecular complexity index is 188. The normalized spacial score (nSPS) is 13.1. The van der Waals surface area contributed by atoms with Gasteiger partial charge in [0.25, 0.3) is 0 Å². The molecule has 1 rings (SSSR count). The van der Waals surface area contributed by atoms with E-state index >= 15 is 0 Å². The van der Waals surface area contributed by atoms with Crippen molar-refractivity contribution in [2.75, 3.05) is 19.3 Å². The molecule has 0 aromatic rings. The van der Waals surface area contributed by atoms with E-state index in [4.69, 9.17) is 18.6 Å². The fourth-order valence-corrected chi connectivity index (χ4v) is 0.678. The minimum Gasteiger partial charge on any atom is -0.248 e. The smallest absolute Gasteiger partial charge is 0.190 e. The summed E-state index contributed by atoms with van der Waals surface area (Å²) < 4.78 is 34.0. The number of rotatable bonds is 1. The van der Waals surface area contributed by atoms with Crippen molar-refractivity contribution in [3.05, 3.63) is 24.4 Å². The topological polar surface area (TPSA) is 95.5 Å². The van der Waals surface area contributed by atoms with Crippen molar-refractivity contribution in [2.24, 2.45) is 0 Å². The van der Waals surface area contributed by atoms with Crippen LogP contribution in [0.5, 0.6) is 0 Å². The highest BCUT2D eigenvalue weighted by molar-refractivity contribution is 7.79. The van der Waals surface area contributed by atoms with Gasteiger partial charge in [-0.2, -0.15) is 12.6 Å². The summed E-state index contributed by atoms with van der Waals surface area (Å²) in [7, 11) is -4.94. The van der Waals surface area contributed by atoms with E-state index in [9.17, 15) is 0 Å². The van der Waals surface area contributed by atoms with Crippen molar-refractivity contribution >= 4 is 12.6 Å². The lowest BCUT2D eigenvalue weighted by molar-refractivity contribution is -2.00. The van der Waals surface area contributed by atoms with Crippen LogP contribution in [0, 0.1) is 16.4 Å². The van der Waals surface area contributed by atoms with E-state index < -0.39 is 10.2 Å². The largest absolute Gasteiger partial charge is 0.248 e. The second-order valence-corrected chi connectivity index (χ2v) is 2.90. The van der Waals surface area contributed by atoms with E-state index in [0.717, 1.165) is 13.1 Å². The molecule has 1 aliphatic heterocycles. The van der Waals surface area contributed by atoms with E-state index in [-0.39, 0.29) is 0 Å². The Morgan fingerprint density at radius 1 is 1.33 bits per heavy atom. The number of likely N-dealkylation sites (N-methyl/N-ethyl adjacent to an activating group) is 1. The number of thiol groups is 1. The van der Waals surface area contributed by atoms with Crippen LogP contribution < -0.4 is 18.6 Å². The highest BCUT2D eigenvalue weighted by atomic mass is 35.7. The van der Waals surface area contributed by atoms with Gasteiger partial charge in [0, 0.05) is 12.6 Å². The predicted octanol–water partition coefficient (Wildman–Crippen LogP) is -3.02. The molecule has 0 saturated carbocycles. The van der Waals surface area contributed by atoms with E-state index in [1.54, 1.807) is 6.26 Å². The maximum absolute atomic E-state index is 8.49. The second kappa shape index (κ2) is 10.2. The summed E-state index contributed by atoms with van der Waals surface area (Å²) in [4.78, 5) is 2.12. The first-order valence-corrected chi connectivity index (χ1v) is 6.12. The summed E-state index contributed by atoms with van der Waals surface area (Å²) >= 11 is 3.53. The fraction of sp³-hybridized carbons (Fsp3) is 0.500. The molecule has 0 N–H and O–H groups in total. The van der Waals surface area contributed by atoms with Crippen molar-refractivity contribution in [3.63, 3.8) is 0 Å². The maximum Gasteiger partial charge on any atom is 0.190 e. The average molecular weight is 256 g/mol. The summed E-state index contributed by atoms with van der Waals surface area (Å²) in [6, 6.07) is 0. The molecule has 0 amide bonds. The molecular formula is C8H14ClNO4S. The fourth-order valence-electron chi connectivity index (χ4n) is 0.678. The Hall–Kier alpha value is -0.330.